The number of nitrogens with zero attached hydrogens (tertiary/aromatic N) is 3. The zero-order chi connectivity index (χ0) is 14.8. The quantitative estimate of drug-likeness (QED) is 0.941. The molecule has 6 heteroatoms. The molecule has 0 saturated carbocycles. The molecule has 0 bridgehead atoms. The molecule has 1 fully saturated rings. The predicted octanol–water partition coefficient (Wildman–Crippen LogP) is 2.82. The summed E-state index contributed by atoms with van der Waals surface area (Å²) in [6.45, 7) is 5.26. The fourth-order valence-electron chi connectivity index (χ4n) is 2.17. The summed E-state index contributed by atoms with van der Waals surface area (Å²) in [7, 11) is 0. The number of hydrogen-bond donors (Lipinski definition) is 1. The second-order valence-corrected chi connectivity index (χ2v) is 5.54. The molecule has 0 aliphatic carbocycles. The van der Waals surface area contributed by atoms with Crippen LogP contribution in [0.2, 0.25) is 0 Å². The third-order valence-corrected chi connectivity index (χ3v) is 3.52. The van der Waals surface area contributed by atoms with Crippen LogP contribution in [0, 0.1) is 0 Å². The van der Waals surface area contributed by atoms with Crippen molar-refractivity contribution in [2.45, 2.75) is 25.7 Å². The van der Waals surface area contributed by atoms with Crippen LogP contribution in [0.15, 0.2) is 34.9 Å². The van der Waals surface area contributed by atoms with Gasteiger partial charge in [-0.3, -0.25) is 0 Å². The van der Waals surface area contributed by atoms with E-state index in [0.717, 1.165) is 11.5 Å². The number of carbonyl (C=O) groups excluding carboxylic acids is 1. The van der Waals surface area contributed by atoms with Crippen molar-refractivity contribution in [1.82, 2.24) is 15.0 Å². The smallest absolute Gasteiger partial charge is 0.321 e. The van der Waals surface area contributed by atoms with Gasteiger partial charge in [0.25, 0.3) is 0 Å². The first kappa shape index (κ1) is 13.6. The summed E-state index contributed by atoms with van der Waals surface area (Å²) in [6, 6.07) is 9.32. The zero-order valence-corrected chi connectivity index (χ0v) is 12.1. The Morgan fingerprint density at radius 1 is 1.33 bits per heavy atom. The highest BCUT2D eigenvalue weighted by atomic mass is 16.5. The van der Waals surface area contributed by atoms with Crippen LogP contribution in [0.5, 0.6) is 0 Å². The van der Waals surface area contributed by atoms with E-state index in [2.05, 4.69) is 15.5 Å². The third kappa shape index (κ3) is 2.89. The molecule has 0 atom stereocenters. The molecular formula is C15H18N4O2. The van der Waals surface area contributed by atoms with E-state index in [1.165, 1.54) is 0 Å². The number of amides is 2. The molecule has 3 rings (SSSR count). The van der Waals surface area contributed by atoms with Gasteiger partial charge in [-0.1, -0.05) is 37.2 Å². The Labute approximate surface area is 123 Å². The minimum atomic E-state index is -0.0963. The van der Waals surface area contributed by atoms with E-state index < -0.39 is 0 Å². The molecule has 1 saturated heterocycles. The van der Waals surface area contributed by atoms with Gasteiger partial charge in [-0.2, -0.15) is 4.98 Å². The number of nitrogens with one attached hydrogen (secondary N) is 1. The summed E-state index contributed by atoms with van der Waals surface area (Å²) in [4.78, 5) is 18.1. The van der Waals surface area contributed by atoms with Crippen LogP contribution in [0.1, 0.15) is 37.4 Å². The molecule has 0 unspecified atom stereocenters. The first-order valence-electron chi connectivity index (χ1n) is 7.08. The van der Waals surface area contributed by atoms with Crippen molar-refractivity contribution in [2.75, 3.05) is 18.4 Å². The number of carbonyl (C=O) groups is 1. The highest BCUT2D eigenvalue weighted by Crippen LogP contribution is 2.27. The summed E-state index contributed by atoms with van der Waals surface area (Å²) in [5.74, 6) is 1.74. The molecule has 1 aromatic carbocycles. The molecule has 6 nitrogen and oxygen atoms in total. The molecule has 2 heterocycles. The number of likely N-dealkylation sites (tertiary alicyclic amines) is 1. The van der Waals surface area contributed by atoms with E-state index in [0.29, 0.717) is 19.0 Å². The van der Waals surface area contributed by atoms with Crippen molar-refractivity contribution >= 4 is 11.7 Å². The van der Waals surface area contributed by atoms with Gasteiger partial charge in [-0.05, 0) is 12.1 Å². The summed E-state index contributed by atoms with van der Waals surface area (Å²) in [5, 5.41) is 6.81. The molecule has 0 radical (unpaired) electrons. The lowest BCUT2D eigenvalue weighted by Crippen LogP contribution is -2.50. The van der Waals surface area contributed by atoms with E-state index in [-0.39, 0.29) is 17.9 Å². The maximum Gasteiger partial charge on any atom is 0.321 e. The molecule has 2 amide bonds. The van der Waals surface area contributed by atoms with Crippen LogP contribution in [0.3, 0.4) is 0 Å². The van der Waals surface area contributed by atoms with Crippen molar-refractivity contribution in [3.05, 3.63) is 42.0 Å². The first-order chi connectivity index (χ1) is 10.1. The number of benzene rings is 1. The van der Waals surface area contributed by atoms with Crippen molar-refractivity contribution < 1.29 is 9.32 Å². The van der Waals surface area contributed by atoms with Crippen LogP contribution in [0.4, 0.5) is 10.5 Å². The monoisotopic (exact) mass is 286 g/mol. The second kappa shape index (κ2) is 5.55. The van der Waals surface area contributed by atoms with E-state index in [9.17, 15) is 4.79 Å². The number of rotatable bonds is 3. The van der Waals surface area contributed by atoms with E-state index in [4.69, 9.17) is 4.52 Å². The molecule has 1 N–H and O–H groups in total. The van der Waals surface area contributed by atoms with Gasteiger partial charge >= 0.3 is 6.03 Å². The van der Waals surface area contributed by atoms with Crippen LogP contribution < -0.4 is 5.32 Å². The number of anilines is 1. The van der Waals surface area contributed by atoms with Crippen molar-refractivity contribution in [1.29, 1.82) is 0 Å². The maximum absolute atomic E-state index is 12.0. The Morgan fingerprint density at radius 2 is 2.05 bits per heavy atom. The minimum Gasteiger partial charge on any atom is -0.339 e. The largest absolute Gasteiger partial charge is 0.339 e. The summed E-state index contributed by atoms with van der Waals surface area (Å²) >= 11 is 0. The molecule has 1 aliphatic heterocycles. The van der Waals surface area contributed by atoms with Gasteiger partial charge in [-0.25, -0.2) is 4.79 Å². The Hall–Kier alpha value is -2.37. The van der Waals surface area contributed by atoms with Gasteiger partial charge in [0.2, 0.25) is 5.89 Å². The van der Waals surface area contributed by atoms with E-state index >= 15 is 0 Å². The van der Waals surface area contributed by atoms with Crippen molar-refractivity contribution in [2.24, 2.45) is 0 Å². The van der Waals surface area contributed by atoms with Crippen molar-refractivity contribution in [3.8, 4) is 0 Å². The molecule has 2 aromatic rings. The predicted molar refractivity (Wildman–Crippen MR) is 78.2 cm³/mol. The molecule has 110 valence electrons. The standard InChI is InChI=1S/C15H18N4O2/c1-10(2)13-17-14(21-18-13)11-8-19(9-11)15(20)16-12-6-4-3-5-7-12/h3-7,10-11H,8-9H2,1-2H3,(H,16,20). The lowest BCUT2D eigenvalue weighted by Gasteiger charge is -2.36. The normalized spacial score (nSPS) is 15.1. The molecule has 1 aliphatic rings. The fourth-order valence-corrected chi connectivity index (χ4v) is 2.17. The fraction of sp³-hybridized carbons (Fsp3) is 0.400. The Bertz CT molecular complexity index is 618. The van der Waals surface area contributed by atoms with Gasteiger partial charge in [0.1, 0.15) is 0 Å². The van der Waals surface area contributed by atoms with Gasteiger partial charge in [0, 0.05) is 24.7 Å². The maximum atomic E-state index is 12.0. The lowest BCUT2D eigenvalue weighted by molar-refractivity contribution is 0.147. The lowest BCUT2D eigenvalue weighted by atomic mass is 10.0. The zero-order valence-electron chi connectivity index (χ0n) is 12.1. The van der Waals surface area contributed by atoms with Crippen LogP contribution in [-0.4, -0.2) is 34.2 Å². The first-order valence-corrected chi connectivity index (χ1v) is 7.08. The third-order valence-electron chi connectivity index (χ3n) is 3.52. The summed E-state index contributed by atoms with van der Waals surface area (Å²) in [5.41, 5.74) is 0.797. The minimum absolute atomic E-state index is 0.0963. The average Bonchev–Trinajstić information content (AvgIpc) is 2.88. The van der Waals surface area contributed by atoms with Crippen LogP contribution in [-0.2, 0) is 0 Å². The SMILES string of the molecule is CC(C)c1noc(C2CN(C(=O)Nc3ccccc3)C2)n1. The van der Waals surface area contributed by atoms with Gasteiger partial charge in [0.15, 0.2) is 5.82 Å². The van der Waals surface area contributed by atoms with Gasteiger partial charge in [-0.15, -0.1) is 0 Å². The number of urea groups is 1. The summed E-state index contributed by atoms with van der Waals surface area (Å²) in [6.07, 6.45) is 0. The number of para-hydroxylation sites is 1. The highest BCUT2D eigenvalue weighted by Gasteiger charge is 2.35. The molecule has 21 heavy (non-hydrogen) atoms. The highest BCUT2D eigenvalue weighted by molar-refractivity contribution is 5.89. The average molecular weight is 286 g/mol. The summed E-state index contributed by atoms with van der Waals surface area (Å²) < 4.78 is 5.26. The molecule has 0 spiro atoms. The van der Waals surface area contributed by atoms with E-state index in [1.54, 1.807) is 4.90 Å². The Kier molecular flexibility index (Phi) is 3.60. The molecular weight excluding hydrogens is 268 g/mol. The van der Waals surface area contributed by atoms with Crippen LogP contribution in [0.25, 0.3) is 0 Å². The Morgan fingerprint density at radius 3 is 2.67 bits per heavy atom. The second-order valence-electron chi connectivity index (χ2n) is 5.54. The number of aromatic nitrogens is 2. The molecule has 1 aromatic heterocycles. The van der Waals surface area contributed by atoms with Gasteiger partial charge in [0.05, 0.1) is 5.92 Å². The topological polar surface area (TPSA) is 71.3 Å². The number of hydrogen-bond acceptors (Lipinski definition) is 4. The Balaban J connectivity index is 1.54. The van der Waals surface area contributed by atoms with Gasteiger partial charge < -0.3 is 14.7 Å². The van der Waals surface area contributed by atoms with E-state index in [1.807, 2.05) is 44.2 Å². The van der Waals surface area contributed by atoms with Crippen LogP contribution >= 0.6 is 0 Å². The van der Waals surface area contributed by atoms with Crippen molar-refractivity contribution in [3.63, 3.8) is 0 Å².